The molecule has 38 heavy (non-hydrogen) atoms. The maximum atomic E-state index is 13.3. The number of aromatic nitrogens is 1. The summed E-state index contributed by atoms with van der Waals surface area (Å²) >= 11 is 0. The summed E-state index contributed by atoms with van der Waals surface area (Å²) in [4.78, 5) is 19.4. The van der Waals surface area contributed by atoms with Crippen molar-refractivity contribution in [3.8, 4) is 5.75 Å². The van der Waals surface area contributed by atoms with E-state index in [2.05, 4.69) is 4.99 Å². The molecule has 6 nitrogen and oxygen atoms in total. The van der Waals surface area contributed by atoms with Gasteiger partial charge in [-0.15, -0.1) is 0 Å². The van der Waals surface area contributed by atoms with Crippen molar-refractivity contribution in [2.45, 2.75) is 52.4 Å². The molecule has 0 radical (unpaired) electrons. The van der Waals surface area contributed by atoms with Gasteiger partial charge in [-0.2, -0.15) is 17.9 Å². The second-order valence-electron chi connectivity index (χ2n) is 9.62. The molecule has 0 saturated heterocycles. The fraction of sp³-hybridized carbons (Fsp3) is 0.379. The van der Waals surface area contributed by atoms with Gasteiger partial charge in [0.05, 0.1) is 12.2 Å². The van der Waals surface area contributed by atoms with Crippen LogP contribution in [0.4, 0.5) is 13.2 Å². The Kier molecular flexibility index (Phi) is 8.44. The van der Waals surface area contributed by atoms with Crippen molar-refractivity contribution in [3.05, 3.63) is 94.1 Å². The molecule has 1 aliphatic heterocycles. The zero-order valence-electron chi connectivity index (χ0n) is 21.5. The van der Waals surface area contributed by atoms with E-state index < -0.39 is 11.7 Å². The third-order valence-electron chi connectivity index (χ3n) is 6.73. The lowest BCUT2D eigenvalue weighted by Crippen LogP contribution is -2.34. The average molecular weight is 528 g/mol. The summed E-state index contributed by atoms with van der Waals surface area (Å²) in [6, 6.07) is 14.4. The largest absolute Gasteiger partial charge is 0.494 e. The molecular formula is C29H32F3N3O3. The van der Waals surface area contributed by atoms with Crippen LogP contribution in [-0.2, 0) is 30.5 Å². The van der Waals surface area contributed by atoms with Crippen LogP contribution < -0.4 is 10.2 Å². The molecule has 1 N–H and O–H groups in total. The molecule has 1 aromatic heterocycles. The second-order valence-corrected chi connectivity index (χ2v) is 9.62. The summed E-state index contributed by atoms with van der Waals surface area (Å²) in [5.41, 5.74) is 3.49. The Morgan fingerprint density at radius 1 is 1.08 bits per heavy atom. The molecule has 202 valence electrons. The molecule has 0 unspecified atom stereocenters. The number of carbonyl (C=O) groups excluding carboxylic acids is 1. The van der Waals surface area contributed by atoms with Crippen LogP contribution in [0, 0.1) is 12.8 Å². The zero-order valence-corrected chi connectivity index (χ0v) is 21.5. The summed E-state index contributed by atoms with van der Waals surface area (Å²) in [5, 5.41) is 9.84. The van der Waals surface area contributed by atoms with Crippen molar-refractivity contribution < 1.29 is 27.9 Å². The number of rotatable bonds is 8. The van der Waals surface area contributed by atoms with Gasteiger partial charge in [0.1, 0.15) is 5.75 Å². The number of alkyl halides is 3. The number of aryl methyl sites for hydroxylation is 1. The van der Waals surface area contributed by atoms with Gasteiger partial charge in [-0.3, -0.25) is 9.79 Å². The predicted molar refractivity (Wildman–Crippen MR) is 137 cm³/mol. The first-order valence-corrected chi connectivity index (χ1v) is 12.7. The fourth-order valence-electron chi connectivity index (χ4n) is 4.55. The molecule has 1 aliphatic rings. The highest BCUT2D eigenvalue weighted by molar-refractivity contribution is 5.80. The van der Waals surface area contributed by atoms with E-state index in [4.69, 9.17) is 4.74 Å². The number of carbonyl (C=O) groups is 1. The summed E-state index contributed by atoms with van der Waals surface area (Å²) in [6.07, 6.45) is -0.894. The van der Waals surface area contributed by atoms with Crippen LogP contribution in [0.5, 0.6) is 5.75 Å². The van der Waals surface area contributed by atoms with E-state index in [0.717, 1.165) is 33.6 Å². The van der Waals surface area contributed by atoms with E-state index >= 15 is 0 Å². The van der Waals surface area contributed by atoms with E-state index in [1.54, 1.807) is 23.2 Å². The highest BCUT2D eigenvalue weighted by atomic mass is 19.4. The standard InChI is InChI=1S/C29H32F3N3O3/c1-3-22-16-23-7-10-26(38-14-4-12-33-27-15-20(2)11-13-35(27)37)17-24(23)19-34(28(22)36)18-21-5-8-25(9-6-21)29(30,31)32/h5-11,13,15,17,22,37H,3-4,12,14,16,18-19H2,1-2H3/t22-/m1/s1. The fourth-order valence-corrected chi connectivity index (χ4v) is 4.55. The molecule has 2 aromatic carbocycles. The van der Waals surface area contributed by atoms with Gasteiger partial charge in [0, 0.05) is 38.2 Å². The minimum atomic E-state index is -4.39. The molecule has 0 bridgehead atoms. The number of hydrogen-bond acceptors (Lipinski definition) is 4. The van der Waals surface area contributed by atoms with Crippen molar-refractivity contribution in [1.29, 1.82) is 0 Å². The molecule has 3 aromatic rings. The molecule has 2 heterocycles. The Morgan fingerprint density at radius 2 is 1.84 bits per heavy atom. The smallest absolute Gasteiger partial charge is 0.416 e. The van der Waals surface area contributed by atoms with E-state index in [9.17, 15) is 23.2 Å². The van der Waals surface area contributed by atoms with Gasteiger partial charge >= 0.3 is 6.18 Å². The van der Waals surface area contributed by atoms with Crippen molar-refractivity contribution in [2.75, 3.05) is 13.2 Å². The van der Waals surface area contributed by atoms with Crippen LogP contribution >= 0.6 is 0 Å². The van der Waals surface area contributed by atoms with Gasteiger partial charge in [-0.1, -0.05) is 25.1 Å². The highest BCUT2D eigenvalue weighted by Crippen LogP contribution is 2.31. The van der Waals surface area contributed by atoms with Crippen molar-refractivity contribution in [2.24, 2.45) is 10.9 Å². The van der Waals surface area contributed by atoms with Gasteiger partial charge in [-0.25, -0.2) is 0 Å². The Bertz CT molecular complexity index is 1330. The van der Waals surface area contributed by atoms with Crippen molar-refractivity contribution >= 4 is 5.91 Å². The lowest BCUT2D eigenvalue weighted by Gasteiger charge is -2.24. The van der Waals surface area contributed by atoms with Gasteiger partial charge in [0.2, 0.25) is 5.91 Å². The number of hydrogen-bond donors (Lipinski definition) is 1. The first kappa shape index (κ1) is 27.3. The Balaban J connectivity index is 1.43. The highest BCUT2D eigenvalue weighted by Gasteiger charge is 2.31. The van der Waals surface area contributed by atoms with Crippen molar-refractivity contribution in [3.63, 3.8) is 0 Å². The average Bonchev–Trinajstić information content (AvgIpc) is 3.01. The molecule has 0 saturated carbocycles. The molecule has 1 amide bonds. The topological polar surface area (TPSA) is 67.1 Å². The van der Waals surface area contributed by atoms with Crippen molar-refractivity contribution in [1.82, 2.24) is 9.63 Å². The Labute approximate surface area is 220 Å². The summed E-state index contributed by atoms with van der Waals surface area (Å²) in [5.74, 6) is 0.508. The monoisotopic (exact) mass is 527 g/mol. The Hall–Kier alpha value is -3.75. The van der Waals surface area contributed by atoms with Crippen LogP contribution in [0.25, 0.3) is 0 Å². The Morgan fingerprint density at radius 3 is 2.55 bits per heavy atom. The van der Waals surface area contributed by atoms with Crippen LogP contribution in [0.2, 0.25) is 0 Å². The molecule has 0 fully saturated rings. The quantitative estimate of drug-likeness (QED) is 0.309. The third-order valence-corrected chi connectivity index (χ3v) is 6.73. The van der Waals surface area contributed by atoms with Gasteiger partial charge < -0.3 is 14.8 Å². The van der Waals surface area contributed by atoms with E-state index in [1.165, 1.54) is 12.1 Å². The number of fused-ring (bicyclic) bond motifs is 1. The van der Waals surface area contributed by atoms with Crippen LogP contribution in [0.15, 0.2) is 65.8 Å². The second kappa shape index (κ2) is 11.8. The van der Waals surface area contributed by atoms with Gasteiger partial charge in [0.25, 0.3) is 0 Å². The summed E-state index contributed by atoms with van der Waals surface area (Å²) in [6.45, 7) is 5.43. The minimum absolute atomic E-state index is 0.00458. The number of benzene rings is 2. The number of halogens is 3. The number of ether oxygens (including phenoxy) is 1. The SMILES string of the molecule is CC[C@@H]1Cc2ccc(OCCCN=c3cc(C)ccn3O)cc2CN(Cc2ccc(C(F)(F)F)cc2)C1=O. The first-order valence-electron chi connectivity index (χ1n) is 12.7. The third kappa shape index (κ3) is 6.76. The first-order chi connectivity index (χ1) is 18.1. The minimum Gasteiger partial charge on any atom is -0.494 e. The summed E-state index contributed by atoms with van der Waals surface area (Å²) < 4.78 is 45.8. The zero-order chi connectivity index (χ0) is 27.3. The molecule has 4 rings (SSSR count). The van der Waals surface area contributed by atoms with Gasteiger partial charge in [0.15, 0.2) is 5.49 Å². The number of nitrogens with zero attached hydrogens (tertiary/aromatic N) is 3. The number of pyridine rings is 1. The maximum absolute atomic E-state index is 13.3. The summed E-state index contributed by atoms with van der Waals surface area (Å²) in [7, 11) is 0. The lowest BCUT2D eigenvalue weighted by molar-refractivity contribution is -0.138. The van der Waals surface area contributed by atoms with Crippen LogP contribution in [0.1, 0.15) is 47.6 Å². The predicted octanol–water partition coefficient (Wildman–Crippen LogP) is 5.53. The van der Waals surface area contributed by atoms with Crippen LogP contribution in [0.3, 0.4) is 0 Å². The number of amides is 1. The van der Waals surface area contributed by atoms with E-state index in [1.807, 2.05) is 32.0 Å². The van der Waals surface area contributed by atoms with Gasteiger partial charge in [-0.05, 0) is 78.4 Å². The molecule has 0 spiro atoms. The molecular weight excluding hydrogens is 495 g/mol. The van der Waals surface area contributed by atoms with E-state index in [0.29, 0.717) is 55.8 Å². The normalized spacial score (nSPS) is 16.3. The van der Waals surface area contributed by atoms with E-state index in [-0.39, 0.29) is 18.4 Å². The maximum Gasteiger partial charge on any atom is 0.416 e. The molecule has 1 atom stereocenters. The lowest BCUT2D eigenvalue weighted by atomic mass is 9.95. The molecule has 9 heteroatoms. The van der Waals surface area contributed by atoms with Crippen LogP contribution in [-0.4, -0.2) is 33.9 Å². The molecule has 0 aliphatic carbocycles.